The predicted octanol–water partition coefficient (Wildman–Crippen LogP) is 0.439. The molecule has 18 heavy (non-hydrogen) atoms. The Balaban J connectivity index is 2.62. The van der Waals surface area contributed by atoms with Gasteiger partial charge in [-0.05, 0) is 17.7 Å². The summed E-state index contributed by atoms with van der Waals surface area (Å²) in [5.74, 6) is -1.18. The van der Waals surface area contributed by atoms with Crippen LogP contribution in [0.15, 0.2) is 28.7 Å². The molecule has 1 rings (SSSR count). The summed E-state index contributed by atoms with van der Waals surface area (Å²) in [6, 6.07) is 6.99. The molecule has 5 nitrogen and oxygen atoms in total. The number of carbonyl (C=O) groups is 1. The Bertz CT molecular complexity index is 517. The summed E-state index contributed by atoms with van der Waals surface area (Å²) in [6.07, 6.45) is 0. The molecule has 0 aliphatic rings. The summed E-state index contributed by atoms with van der Waals surface area (Å²) in [5.41, 5.74) is 5.86. The van der Waals surface area contributed by atoms with Gasteiger partial charge in [-0.1, -0.05) is 28.1 Å². The molecule has 0 radical (unpaired) electrons. The second-order valence-electron chi connectivity index (χ2n) is 3.80. The first-order chi connectivity index (χ1) is 8.43. The van der Waals surface area contributed by atoms with E-state index in [0.717, 1.165) is 4.47 Å². The zero-order chi connectivity index (χ0) is 13.6. The third-order valence-electron chi connectivity index (χ3n) is 2.09. The molecule has 0 aromatic heterocycles. The van der Waals surface area contributed by atoms with Crippen LogP contribution >= 0.6 is 15.9 Å². The van der Waals surface area contributed by atoms with Gasteiger partial charge in [-0.2, -0.15) is 0 Å². The lowest BCUT2D eigenvalue weighted by atomic mass is 10.2. The molecule has 0 saturated carbocycles. The minimum absolute atomic E-state index is 0.150. The number of nitrogens with two attached hydrogens (primary N) is 1. The quantitative estimate of drug-likeness (QED) is 0.789. The number of sulfone groups is 1. The summed E-state index contributed by atoms with van der Waals surface area (Å²) in [4.78, 5) is 11.3. The van der Waals surface area contributed by atoms with Crippen molar-refractivity contribution >= 4 is 31.7 Å². The largest absolute Gasteiger partial charge is 0.354 e. The Kier molecular flexibility index (Phi) is 5.77. The van der Waals surface area contributed by atoms with E-state index in [1.54, 1.807) is 18.2 Å². The lowest BCUT2D eigenvalue weighted by Crippen LogP contribution is -2.34. The number of amides is 1. The van der Waals surface area contributed by atoms with E-state index in [0.29, 0.717) is 5.56 Å². The Morgan fingerprint density at radius 2 is 2.11 bits per heavy atom. The summed E-state index contributed by atoms with van der Waals surface area (Å²) < 4.78 is 24.4. The molecule has 0 heterocycles. The number of benzene rings is 1. The molecule has 7 heteroatoms. The maximum Gasteiger partial charge on any atom is 0.235 e. The minimum atomic E-state index is -3.45. The van der Waals surface area contributed by atoms with Crippen molar-refractivity contribution < 1.29 is 13.2 Å². The minimum Gasteiger partial charge on any atom is -0.354 e. The van der Waals surface area contributed by atoms with Gasteiger partial charge in [-0.25, -0.2) is 8.42 Å². The van der Waals surface area contributed by atoms with E-state index in [1.165, 1.54) is 0 Å². The van der Waals surface area contributed by atoms with Crippen LogP contribution in [0.3, 0.4) is 0 Å². The van der Waals surface area contributed by atoms with E-state index < -0.39 is 21.5 Å². The molecule has 0 fully saturated rings. The molecular formula is C11H15BrN2O3S. The molecule has 0 bridgehead atoms. The summed E-state index contributed by atoms with van der Waals surface area (Å²) in [6.45, 7) is 0.572. The van der Waals surface area contributed by atoms with Crippen molar-refractivity contribution in [2.24, 2.45) is 5.73 Å². The van der Waals surface area contributed by atoms with Gasteiger partial charge < -0.3 is 11.1 Å². The van der Waals surface area contributed by atoms with Gasteiger partial charge in [0.15, 0.2) is 9.84 Å². The average Bonchev–Trinajstić information content (AvgIpc) is 2.24. The van der Waals surface area contributed by atoms with E-state index in [1.807, 2.05) is 6.07 Å². The van der Waals surface area contributed by atoms with Gasteiger partial charge in [-0.3, -0.25) is 4.79 Å². The Morgan fingerprint density at radius 3 is 2.72 bits per heavy atom. The number of hydrogen-bond acceptors (Lipinski definition) is 4. The van der Waals surface area contributed by atoms with Crippen LogP contribution in [0.1, 0.15) is 5.56 Å². The molecule has 0 aliphatic heterocycles. The highest BCUT2D eigenvalue weighted by molar-refractivity contribution is 9.10. The molecule has 1 aromatic rings. The molecule has 3 N–H and O–H groups in total. The topological polar surface area (TPSA) is 89.3 Å². The first kappa shape index (κ1) is 15.1. The van der Waals surface area contributed by atoms with E-state index in [4.69, 9.17) is 5.73 Å². The second kappa shape index (κ2) is 6.86. The maximum absolute atomic E-state index is 11.8. The van der Waals surface area contributed by atoms with Crippen molar-refractivity contribution in [3.63, 3.8) is 0 Å². The molecule has 0 aliphatic carbocycles. The number of nitrogens with one attached hydrogen (secondary N) is 1. The standard InChI is InChI=1S/C11H15BrN2O3S/c12-10-3-1-2-9(6-10)7-18(16,17)8-11(15)14-5-4-13/h1-3,6H,4-5,7-8,13H2,(H,14,15). The number of rotatable bonds is 6. The highest BCUT2D eigenvalue weighted by Crippen LogP contribution is 2.14. The zero-order valence-corrected chi connectivity index (χ0v) is 12.1. The van der Waals surface area contributed by atoms with Crippen molar-refractivity contribution in [1.82, 2.24) is 5.32 Å². The summed E-state index contributed by atoms with van der Waals surface area (Å²) >= 11 is 3.27. The molecule has 1 aromatic carbocycles. The second-order valence-corrected chi connectivity index (χ2v) is 6.78. The van der Waals surface area contributed by atoms with Crippen molar-refractivity contribution in [3.8, 4) is 0 Å². The fourth-order valence-corrected chi connectivity index (χ4v) is 3.13. The van der Waals surface area contributed by atoms with Crippen LogP contribution in [-0.4, -0.2) is 33.2 Å². The van der Waals surface area contributed by atoms with Crippen LogP contribution in [0, 0.1) is 0 Å². The third-order valence-corrected chi connectivity index (χ3v) is 4.06. The summed E-state index contributed by atoms with van der Waals surface area (Å²) in [7, 11) is -3.45. The Hall–Kier alpha value is -0.920. The number of carbonyl (C=O) groups excluding carboxylic acids is 1. The number of hydrogen-bond donors (Lipinski definition) is 2. The molecular weight excluding hydrogens is 320 g/mol. The lowest BCUT2D eigenvalue weighted by Gasteiger charge is -2.06. The van der Waals surface area contributed by atoms with Gasteiger partial charge >= 0.3 is 0 Å². The maximum atomic E-state index is 11.8. The fraction of sp³-hybridized carbons (Fsp3) is 0.364. The van der Waals surface area contributed by atoms with Crippen molar-refractivity contribution in [1.29, 1.82) is 0 Å². The van der Waals surface area contributed by atoms with Crippen LogP contribution in [-0.2, 0) is 20.4 Å². The Morgan fingerprint density at radius 1 is 1.39 bits per heavy atom. The molecule has 1 amide bonds. The molecule has 0 atom stereocenters. The average molecular weight is 335 g/mol. The van der Waals surface area contributed by atoms with Crippen LogP contribution < -0.4 is 11.1 Å². The normalized spacial score (nSPS) is 11.2. The van der Waals surface area contributed by atoms with Crippen molar-refractivity contribution in [2.75, 3.05) is 18.8 Å². The molecule has 0 unspecified atom stereocenters. The fourth-order valence-electron chi connectivity index (χ4n) is 1.39. The summed E-state index contributed by atoms with van der Waals surface area (Å²) in [5, 5.41) is 2.43. The molecule has 0 saturated heterocycles. The SMILES string of the molecule is NCCNC(=O)CS(=O)(=O)Cc1cccc(Br)c1. The van der Waals surface area contributed by atoms with Crippen molar-refractivity contribution in [3.05, 3.63) is 34.3 Å². The Labute approximate surface area is 115 Å². The van der Waals surface area contributed by atoms with Crippen LogP contribution in [0.5, 0.6) is 0 Å². The van der Waals surface area contributed by atoms with E-state index in [-0.39, 0.29) is 18.8 Å². The highest BCUT2D eigenvalue weighted by atomic mass is 79.9. The van der Waals surface area contributed by atoms with Gasteiger partial charge in [0.25, 0.3) is 0 Å². The predicted molar refractivity (Wildman–Crippen MR) is 73.7 cm³/mol. The van der Waals surface area contributed by atoms with Crippen LogP contribution in [0.4, 0.5) is 0 Å². The lowest BCUT2D eigenvalue weighted by molar-refractivity contribution is -0.118. The number of halogens is 1. The van der Waals surface area contributed by atoms with Gasteiger partial charge in [0, 0.05) is 17.6 Å². The first-order valence-electron chi connectivity index (χ1n) is 5.34. The van der Waals surface area contributed by atoms with Gasteiger partial charge in [0.2, 0.25) is 5.91 Å². The van der Waals surface area contributed by atoms with Crippen LogP contribution in [0.25, 0.3) is 0 Å². The van der Waals surface area contributed by atoms with E-state index in [2.05, 4.69) is 21.2 Å². The zero-order valence-electron chi connectivity index (χ0n) is 9.73. The molecule has 0 spiro atoms. The smallest absolute Gasteiger partial charge is 0.235 e. The van der Waals surface area contributed by atoms with Gasteiger partial charge in [-0.15, -0.1) is 0 Å². The van der Waals surface area contributed by atoms with Gasteiger partial charge in [0.1, 0.15) is 5.75 Å². The van der Waals surface area contributed by atoms with Crippen molar-refractivity contribution in [2.45, 2.75) is 5.75 Å². The van der Waals surface area contributed by atoms with Gasteiger partial charge in [0.05, 0.1) is 5.75 Å². The molecule has 100 valence electrons. The third kappa shape index (κ3) is 5.61. The van der Waals surface area contributed by atoms with Crippen LogP contribution in [0.2, 0.25) is 0 Å². The highest BCUT2D eigenvalue weighted by Gasteiger charge is 2.17. The first-order valence-corrected chi connectivity index (χ1v) is 7.96. The monoisotopic (exact) mass is 334 g/mol. The van der Waals surface area contributed by atoms with E-state index in [9.17, 15) is 13.2 Å². The van der Waals surface area contributed by atoms with E-state index >= 15 is 0 Å².